The minimum atomic E-state index is -4.59. The first kappa shape index (κ1) is 35.1. The van der Waals surface area contributed by atoms with Gasteiger partial charge in [0.15, 0.2) is 9.84 Å². The summed E-state index contributed by atoms with van der Waals surface area (Å²) in [6.45, 7) is 1.69. The number of imidazole rings is 1. The smallest absolute Gasteiger partial charge is 0.383 e. The SMILES string of the molecule is COCCN1C[C@H](C)[C@@H](NC(=O)c2cc(C#CCNc3ccc(S(C)(=O)=O)cc3C(F)F)cc3c2ncn3CC(F)(F)F)[C@@H](F)C1. The molecule has 4 rings (SSSR count). The van der Waals surface area contributed by atoms with E-state index in [0.29, 0.717) is 19.7 Å². The Balaban J connectivity index is 1.61. The van der Waals surface area contributed by atoms with Gasteiger partial charge in [0.2, 0.25) is 0 Å². The number of benzene rings is 2. The average Bonchev–Trinajstić information content (AvgIpc) is 3.35. The van der Waals surface area contributed by atoms with Gasteiger partial charge in [0.25, 0.3) is 12.3 Å². The van der Waals surface area contributed by atoms with E-state index in [1.54, 1.807) is 14.0 Å². The van der Waals surface area contributed by atoms with Crippen LogP contribution in [0.1, 0.15) is 34.8 Å². The Morgan fingerprint density at radius 1 is 1.20 bits per heavy atom. The number of carbonyl (C=O) groups excluding carboxylic acids is 1. The van der Waals surface area contributed by atoms with E-state index in [4.69, 9.17) is 4.74 Å². The molecular formula is C30H33F6N5O4S. The lowest BCUT2D eigenvalue weighted by Crippen LogP contribution is -2.57. The first-order chi connectivity index (χ1) is 21.6. The standard InChI is InChI=1S/C30H33F6N5O4S/c1-18-14-40(9-10-45-2)15-23(31)26(18)39-29(42)22-11-19(12-25-27(22)38-17-41(25)16-30(34,35)36)5-4-8-37-24-7-6-20(46(3,43)44)13-21(24)28(32)33/h6-7,11-13,17-18,23,26,28,37H,8-10,14-16H2,1-3H3,(H,39,42)/t18-,23-,26+/m0/s1. The van der Waals surface area contributed by atoms with Crippen molar-refractivity contribution < 1.29 is 44.3 Å². The number of piperidine rings is 1. The predicted molar refractivity (Wildman–Crippen MR) is 159 cm³/mol. The van der Waals surface area contributed by atoms with Crippen LogP contribution in [0.3, 0.4) is 0 Å². The van der Waals surface area contributed by atoms with Crippen LogP contribution in [0.25, 0.3) is 11.0 Å². The van der Waals surface area contributed by atoms with Gasteiger partial charge in [-0.2, -0.15) is 13.2 Å². The number of alkyl halides is 6. The quantitative estimate of drug-likeness (QED) is 0.242. The molecule has 1 aliphatic heterocycles. The first-order valence-electron chi connectivity index (χ1n) is 14.1. The number of carbonyl (C=O) groups is 1. The van der Waals surface area contributed by atoms with E-state index in [2.05, 4.69) is 27.5 Å². The molecule has 46 heavy (non-hydrogen) atoms. The number of hydrogen-bond acceptors (Lipinski definition) is 7. The number of nitrogens with zero attached hydrogens (tertiary/aromatic N) is 3. The zero-order chi connectivity index (χ0) is 33.8. The summed E-state index contributed by atoms with van der Waals surface area (Å²) in [4.78, 5) is 19.1. The average molecular weight is 674 g/mol. The maximum absolute atomic E-state index is 15.2. The monoisotopic (exact) mass is 673 g/mol. The highest BCUT2D eigenvalue weighted by atomic mass is 32.2. The third kappa shape index (κ3) is 8.71. The van der Waals surface area contributed by atoms with E-state index >= 15 is 4.39 Å². The molecular weight excluding hydrogens is 640 g/mol. The second-order valence-electron chi connectivity index (χ2n) is 11.1. The molecule has 2 N–H and O–H groups in total. The lowest BCUT2D eigenvalue weighted by atomic mass is 9.92. The van der Waals surface area contributed by atoms with Gasteiger partial charge in [0, 0.05) is 49.8 Å². The number of likely N-dealkylation sites (tertiary alicyclic amines) is 1. The van der Waals surface area contributed by atoms with E-state index in [-0.39, 0.29) is 51.8 Å². The molecule has 2 aromatic carbocycles. The van der Waals surface area contributed by atoms with Gasteiger partial charge in [-0.15, -0.1) is 0 Å². The van der Waals surface area contributed by atoms with Crippen molar-refractivity contribution in [2.45, 2.75) is 43.2 Å². The maximum atomic E-state index is 15.2. The Bertz CT molecular complexity index is 1720. The fraction of sp³-hybridized carbons (Fsp3) is 0.467. The number of methoxy groups -OCH3 is 1. The summed E-state index contributed by atoms with van der Waals surface area (Å²) in [5, 5.41) is 5.38. The number of amides is 1. The number of anilines is 1. The summed E-state index contributed by atoms with van der Waals surface area (Å²) in [6.07, 6.45) is -7.15. The van der Waals surface area contributed by atoms with Gasteiger partial charge in [-0.1, -0.05) is 18.8 Å². The van der Waals surface area contributed by atoms with Crippen LogP contribution < -0.4 is 10.6 Å². The molecule has 1 aromatic heterocycles. The Hall–Kier alpha value is -3.81. The summed E-state index contributed by atoms with van der Waals surface area (Å²) in [6, 6.07) is 5.00. The van der Waals surface area contributed by atoms with Crippen molar-refractivity contribution in [2.24, 2.45) is 5.92 Å². The van der Waals surface area contributed by atoms with Crippen LogP contribution >= 0.6 is 0 Å². The highest BCUT2D eigenvalue weighted by Crippen LogP contribution is 2.30. The summed E-state index contributed by atoms with van der Waals surface area (Å²) in [5.74, 6) is 4.38. The van der Waals surface area contributed by atoms with Crippen molar-refractivity contribution in [3.63, 3.8) is 0 Å². The lowest BCUT2D eigenvalue weighted by Gasteiger charge is -2.39. The number of sulfone groups is 1. The van der Waals surface area contributed by atoms with Crippen LogP contribution in [-0.2, 0) is 21.1 Å². The topological polar surface area (TPSA) is 106 Å². The van der Waals surface area contributed by atoms with Crippen molar-refractivity contribution in [1.82, 2.24) is 19.8 Å². The van der Waals surface area contributed by atoms with Crippen LogP contribution in [0.5, 0.6) is 0 Å². The number of ether oxygens (including phenoxy) is 1. The molecule has 250 valence electrons. The fourth-order valence-corrected chi connectivity index (χ4v) is 5.96. The molecule has 0 spiro atoms. The van der Waals surface area contributed by atoms with E-state index < -0.39 is 52.7 Å². The van der Waals surface area contributed by atoms with Crippen molar-refractivity contribution in [2.75, 3.05) is 51.5 Å². The number of rotatable bonds is 10. The molecule has 1 saturated heterocycles. The largest absolute Gasteiger partial charge is 0.406 e. The predicted octanol–water partition coefficient (Wildman–Crippen LogP) is 4.44. The van der Waals surface area contributed by atoms with Crippen LogP contribution in [0, 0.1) is 17.8 Å². The van der Waals surface area contributed by atoms with Crippen LogP contribution in [0.2, 0.25) is 0 Å². The van der Waals surface area contributed by atoms with E-state index in [1.807, 2.05) is 4.90 Å². The van der Waals surface area contributed by atoms with Gasteiger partial charge in [-0.25, -0.2) is 26.6 Å². The Morgan fingerprint density at radius 3 is 2.57 bits per heavy atom. The molecule has 1 aliphatic rings. The maximum Gasteiger partial charge on any atom is 0.406 e. The molecule has 0 unspecified atom stereocenters. The molecule has 9 nitrogen and oxygen atoms in total. The molecule has 16 heteroatoms. The summed E-state index contributed by atoms with van der Waals surface area (Å²) in [7, 11) is -2.18. The molecule has 3 atom stereocenters. The molecule has 1 fully saturated rings. The third-order valence-corrected chi connectivity index (χ3v) is 8.61. The number of hydrogen-bond donors (Lipinski definition) is 2. The highest BCUT2D eigenvalue weighted by Gasteiger charge is 2.36. The van der Waals surface area contributed by atoms with Gasteiger partial charge < -0.3 is 19.9 Å². The number of nitrogens with one attached hydrogen (secondary N) is 2. The molecule has 2 heterocycles. The Labute approximate surface area is 262 Å². The van der Waals surface area contributed by atoms with Crippen LogP contribution in [0.4, 0.5) is 32.0 Å². The highest BCUT2D eigenvalue weighted by molar-refractivity contribution is 7.90. The van der Waals surface area contributed by atoms with E-state index in [9.17, 15) is 35.2 Å². The first-order valence-corrected chi connectivity index (χ1v) is 16.0. The number of halogens is 6. The van der Waals surface area contributed by atoms with Crippen molar-refractivity contribution in [3.05, 3.63) is 53.3 Å². The summed E-state index contributed by atoms with van der Waals surface area (Å²) >= 11 is 0. The second kappa shape index (κ2) is 14.3. The number of aromatic nitrogens is 2. The zero-order valence-corrected chi connectivity index (χ0v) is 26.0. The van der Waals surface area contributed by atoms with Gasteiger partial charge in [-0.3, -0.25) is 9.69 Å². The lowest BCUT2D eigenvalue weighted by molar-refractivity contribution is -0.140. The van der Waals surface area contributed by atoms with Gasteiger partial charge in [0.05, 0.1) is 41.5 Å². The third-order valence-electron chi connectivity index (χ3n) is 7.50. The minimum Gasteiger partial charge on any atom is -0.383 e. The van der Waals surface area contributed by atoms with Crippen LogP contribution in [-0.4, -0.2) is 93.3 Å². The summed E-state index contributed by atoms with van der Waals surface area (Å²) < 4.78 is 112. The van der Waals surface area contributed by atoms with Crippen molar-refractivity contribution in [3.8, 4) is 11.8 Å². The fourth-order valence-electron chi connectivity index (χ4n) is 5.30. The molecule has 3 aromatic rings. The molecule has 0 radical (unpaired) electrons. The number of fused-ring (bicyclic) bond motifs is 1. The zero-order valence-electron chi connectivity index (χ0n) is 25.2. The van der Waals surface area contributed by atoms with Gasteiger partial charge in [0.1, 0.15) is 18.2 Å². The minimum absolute atomic E-state index is 0.0291. The van der Waals surface area contributed by atoms with E-state index in [1.165, 1.54) is 24.3 Å². The molecule has 0 bridgehead atoms. The van der Waals surface area contributed by atoms with Crippen molar-refractivity contribution in [1.29, 1.82) is 0 Å². The van der Waals surface area contributed by atoms with Gasteiger partial charge >= 0.3 is 6.18 Å². The summed E-state index contributed by atoms with van der Waals surface area (Å²) in [5.41, 5.74) is -0.640. The van der Waals surface area contributed by atoms with Gasteiger partial charge in [-0.05, 0) is 36.2 Å². The normalized spacial score (nSPS) is 19.2. The van der Waals surface area contributed by atoms with E-state index in [0.717, 1.165) is 23.2 Å². The Kier molecular flexibility index (Phi) is 10.9. The molecule has 1 amide bonds. The van der Waals surface area contributed by atoms with Crippen LogP contribution in [0.15, 0.2) is 41.6 Å². The second-order valence-corrected chi connectivity index (χ2v) is 13.1. The molecule has 0 aliphatic carbocycles. The van der Waals surface area contributed by atoms with Crippen molar-refractivity contribution >= 4 is 32.5 Å². The molecule has 0 saturated carbocycles. The Morgan fingerprint density at radius 2 is 1.93 bits per heavy atom.